The molecule has 0 radical (unpaired) electrons. The maximum absolute atomic E-state index is 11.2. The van der Waals surface area contributed by atoms with Gasteiger partial charge in [0.25, 0.3) is 4.96 Å². The molecule has 0 atom stereocenters. The van der Waals surface area contributed by atoms with E-state index in [2.05, 4.69) is 22.2 Å². The van der Waals surface area contributed by atoms with Crippen molar-refractivity contribution in [2.75, 3.05) is 5.32 Å². The predicted octanol–water partition coefficient (Wildman–Crippen LogP) is 2.87. The topological polar surface area (TPSA) is 85.4 Å². The Morgan fingerprint density at radius 1 is 1.52 bits per heavy atom. The van der Waals surface area contributed by atoms with Crippen molar-refractivity contribution in [2.24, 2.45) is 0 Å². The van der Waals surface area contributed by atoms with Crippen LogP contribution in [0.4, 0.5) is 11.6 Å². The van der Waals surface area contributed by atoms with E-state index in [1.807, 2.05) is 12.1 Å². The number of rotatable bonds is 5. The first-order valence-electron chi connectivity index (χ1n) is 6.47. The lowest BCUT2D eigenvalue weighted by molar-refractivity contribution is -0.389. The second-order valence-corrected chi connectivity index (χ2v) is 5.29. The molecule has 3 aromatic rings. The predicted molar refractivity (Wildman–Crippen MR) is 80.7 cm³/mol. The van der Waals surface area contributed by atoms with Crippen molar-refractivity contribution in [2.45, 2.75) is 19.9 Å². The lowest BCUT2D eigenvalue weighted by Gasteiger charge is -2.07. The van der Waals surface area contributed by atoms with Crippen molar-refractivity contribution >= 4 is 27.9 Å². The number of pyridine rings is 1. The number of imidazole rings is 1. The van der Waals surface area contributed by atoms with Gasteiger partial charge in [-0.2, -0.15) is 9.38 Å². The van der Waals surface area contributed by atoms with Crippen molar-refractivity contribution in [1.82, 2.24) is 14.4 Å². The van der Waals surface area contributed by atoms with Crippen molar-refractivity contribution in [3.63, 3.8) is 0 Å². The average molecular weight is 303 g/mol. The summed E-state index contributed by atoms with van der Waals surface area (Å²) in [7, 11) is 0. The van der Waals surface area contributed by atoms with Crippen molar-refractivity contribution in [3.05, 3.63) is 51.3 Å². The Morgan fingerprint density at radius 2 is 2.38 bits per heavy atom. The van der Waals surface area contributed by atoms with Crippen LogP contribution in [0, 0.1) is 10.1 Å². The zero-order valence-corrected chi connectivity index (χ0v) is 12.1. The molecule has 8 heteroatoms. The second kappa shape index (κ2) is 5.49. The molecular weight excluding hydrogens is 290 g/mol. The van der Waals surface area contributed by atoms with Crippen LogP contribution >= 0.6 is 11.3 Å². The highest BCUT2D eigenvalue weighted by atomic mass is 32.1. The van der Waals surface area contributed by atoms with Crippen LogP contribution in [0.3, 0.4) is 0 Å². The van der Waals surface area contributed by atoms with Gasteiger partial charge in [-0.25, -0.2) is 0 Å². The molecule has 3 rings (SSSR count). The van der Waals surface area contributed by atoms with E-state index >= 15 is 0 Å². The number of aryl methyl sites for hydroxylation is 1. The molecular formula is C13H13N5O2S. The Balaban J connectivity index is 1.90. The summed E-state index contributed by atoms with van der Waals surface area (Å²) in [5.41, 5.74) is 2.00. The van der Waals surface area contributed by atoms with Crippen LogP contribution < -0.4 is 5.32 Å². The fourth-order valence-corrected chi connectivity index (χ4v) is 2.90. The van der Waals surface area contributed by atoms with Crippen LogP contribution in [0.15, 0.2) is 29.9 Å². The van der Waals surface area contributed by atoms with Gasteiger partial charge in [-0.1, -0.05) is 24.3 Å². The normalized spacial score (nSPS) is 10.9. The largest absolute Gasteiger partial charge is 0.372 e. The van der Waals surface area contributed by atoms with E-state index in [1.54, 1.807) is 17.8 Å². The molecule has 0 amide bonds. The highest BCUT2D eigenvalue weighted by molar-refractivity contribution is 7.15. The third kappa shape index (κ3) is 2.45. The molecule has 3 aromatic heterocycles. The molecule has 0 unspecified atom stereocenters. The lowest BCUT2D eigenvalue weighted by atomic mass is 10.1. The van der Waals surface area contributed by atoms with Gasteiger partial charge in [-0.3, -0.25) is 4.98 Å². The first-order valence-corrected chi connectivity index (χ1v) is 7.35. The fourth-order valence-electron chi connectivity index (χ4n) is 2.19. The van der Waals surface area contributed by atoms with Crippen LogP contribution in [-0.2, 0) is 13.0 Å². The molecule has 0 saturated carbocycles. The molecule has 7 nitrogen and oxygen atoms in total. The summed E-state index contributed by atoms with van der Waals surface area (Å²) in [5.74, 6) is 0.236. The quantitative estimate of drug-likeness (QED) is 0.578. The molecule has 21 heavy (non-hydrogen) atoms. The molecule has 0 spiro atoms. The SMILES string of the molecule is CCc1cccnc1CNc1nc2sccn2c1[N+](=O)[O-]. The number of nitrogens with one attached hydrogen (secondary N) is 1. The molecule has 0 bridgehead atoms. The average Bonchev–Trinajstić information content (AvgIpc) is 3.05. The van der Waals surface area contributed by atoms with Gasteiger partial charge in [0.05, 0.1) is 12.2 Å². The number of anilines is 1. The third-order valence-electron chi connectivity index (χ3n) is 3.20. The fraction of sp³-hybridized carbons (Fsp3) is 0.231. The number of nitro groups is 1. The summed E-state index contributed by atoms with van der Waals surface area (Å²) >= 11 is 1.36. The standard InChI is InChI=1S/C13H13N5O2S/c1-2-9-4-3-5-14-10(9)8-15-11-12(18(19)20)17-6-7-21-13(17)16-11/h3-7,15H,2,8H2,1H3. The molecule has 0 aliphatic carbocycles. The zero-order chi connectivity index (χ0) is 14.8. The first-order chi connectivity index (χ1) is 10.2. The van der Waals surface area contributed by atoms with Crippen LogP contribution in [0.5, 0.6) is 0 Å². The Morgan fingerprint density at radius 3 is 3.14 bits per heavy atom. The van der Waals surface area contributed by atoms with Gasteiger partial charge in [-0.15, -0.1) is 0 Å². The van der Waals surface area contributed by atoms with Gasteiger partial charge >= 0.3 is 5.82 Å². The van der Waals surface area contributed by atoms with Gasteiger partial charge < -0.3 is 15.4 Å². The van der Waals surface area contributed by atoms with E-state index in [1.165, 1.54) is 15.7 Å². The highest BCUT2D eigenvalue weighted by Gasteiger charge is 2.23. The molecule has 0 aliphatic heterocycles. The van der Waals surface area contributed by atoms with E-state index in [-0.39, 0.29) is 11.6 Å². The minimum absolute atomic E-state index is 0.0415. The molecule has 0 fully saturated rings. The smallest absolute Gasteiger partial charge is 0.358 e. The Labute approximate surface area is 124 Å². The Hall–Kier alpha value is -2.48. The van der Waals surface area contributed by atoms with E-state index < -0.39 is 4.92 Å². The molecule has 108 valence electrons. The van der Waals surface area contributed by atoms with E-state index in [0.717, 1.165) is 17.7 Å². The third-order valence-corrected chi connectivity index (χ3v) is 3.96. The molecule has 0 aliphatic rings. The monoisotopic (exact) mass is 303 g/mol. The molecule has 0 aromatic carbocycles. The second-order valence-electron chi connectivity index (χ2n) is 4.41. The number of nitrogens with zero attached hydrogens (tertiary/aromatic N) is 4. The summed E-state index contributed by atoms with van der Waals surface area (Å²) in [4.78, 5) is 20.0. The number of hydrogen-bond acceptors (Lipinski definition) is 6. The number of thiazole rings is 1. The van der Waals surface area contributed by atoms with Crippen LogP contribution in [-0.4, -0.2) is 19.3 Å². The zero-order valence-electron chi connectivity index (χ0n) is 11.3. The molecule has 3 heterocycles. The van der Waals surface area contributed by atoms with E-state index in [9.17, 15) is 10.1 Å². The summed E-state index contributed by atoms with van der Waals surface area (Å²) in [6.45, 7) is 2.46. The van der Waals surface area contributed by atoms with Crippen LogP contribution in [0.25, 0.3) is 4.96 Å². The van der Waals surface area contributed by atoms with Crippen molar-refractivity contribution in [1.29, 1.82) is 0 Å². The first kappa shape index (κ1) is 13.5. The summed E-state index contributed by atoms with van der Waals surface area (Å²) in [6.07, 6.45) is 4.23. The van der Waals surface area contributed by atoms with Crippen molar-refractivity contribution in [3.8, 4) is 0 Å². The summed E-state index contributed by atoms with van der Waals surface area (Å²) < 4.78 is 1.48. The van der Waals surface area contributed by atoms with Gasteiger partial charge in [0.15, 0.2) is 0 Å². The number of aromatic nitrogens is 3. The maximum Gasteiger partial charge on any atom is 0.372 e. The number of hydrogen-bond donors (Lipinski definition) is 1. The van der Waals surface area contributed by atoms with Gasteiger partial charge in [0, 0.05) is 11.6 Å². The van der Waals surface area contributed by atoms with Crippen LogP contribution in [0.1, 0.15) is 18.2 Å². The van der Waals surface area contributed by atoms with Crippen LogP contribution in [0.2, 0.25) is 0 Å². The molecule has 1 N–H and O–H groups in total. The minimum Gasteiger partial charge on any atom is -0.358 e. The van der Waals surface area contributed by atoms with E-state index in [4.69, 9.17) is 0 Å². The highest BCUT2D eigenvalue weighted by Crippen LogP contribution is 2.28. The van der Waals surface area contributed by atoms with Gasteiger partial charge in [0.1, 0.15) is 6.20 Å². The van der Waals surface area contributed by atoms with Gasteiger partial charge in [-0.05, 0) is 23.0 Å². The lowest BCUT2D eigenvalue weighted by Crippen LogP contribution is -2.07. The Kier molecular flexibility index (Phi) is 3.53. The Bertz CT molecular complexity index is 795. The summed E-state index contributed by atoms with van der Waals surface area (Å²) in [5, 5.41) is 16.0. The number of fused-ring (bicyclic) bond motifs is 1. The molecule has 0 saturated heterocycles. The maximum atomic E-state index is 11.2. The van der Waals surface area contributed by atoms with Gasteiger partial charge in [0.2, 0.25) is 5.82 Å². The summed E-state index contributed by atoms with van der Waals surface area (Å²) in [6, 6.07) is 3.89. The minimum atomic E-state index is -0.422. The van der Waals surface area contributed by atoms with Crippen molar-refractivity contribution < 1.29 is 4.92 Å². The van der Waals surface area contributed by atoms with E-state index in [0.29, 0.717) is 11.5 Å².